The Bertz CT molecular complexity index is 215. The van der Waals surface area contributed by atoms with Crippen LogP contribution in [0.2, 0.25) is 0 Å². The van der Waals surface area contributed by atoms with Gasteiger partial charge in [0.2, 0.25) is 5.91 Å². The van der Waals surface area contributed by atoms with E-state index in [-0.39, 0.29) is 11.3 Å². The average Bonchev–Trinajstić information content (AvgIpc) is 2.48. The van der Waals surface area contributed by atoms with Crippen LogP contribution in [0.4, 0.5) is 0 Å². The van der Waals surface area contributed by atoms with E-state index in [1.165, 1.54) is 12.8 Å². The van der Waals surface area contributed by atoms with Gasteiger partial charge in [-0.25, -0.2) is 0 Å². The second kappa shape index (κ2) is 3.92. The first-order valence-electron chi connectivity index (χ1n) is 5.64. The summed E-state index contributed by atoms with van der Waals surface area (Å²) in [4.78, 5) is 14.0. The fourth-order valence-corrected chi connectivity index (χ4v) is 2.26. The summed E-state index contributed by atoms with van der Waals surface area (Å²) in [5, 5.41) is 0. The monoisotopic (exact) mass is 197 g/mol. The van der Waals surface area contributed by atoms with E-state index in [0.717, 1.165) is 6.54 Å². The minimum atomic E-state index is 0.137. The first kappa shape index (κ1) is 11.5. The van der Waals surface area contributed by atoms with Crippen molar-refractivity contribution >= 4 is 5.91 Å². The fourth-order valence-electron chi connectivity index (χ4n) is 2.26. The van der Waals surface area contributed by atoms with Gasteiger partial charge in [0.25, 0.3) is 0 Å². The summed E-state index contributed by atoms with van der Waals surface area (Å²) < 4.78 is 0. The molecule has 0 aliphatic carbocycles. The molecule has 1 fully saturated rings. The zero-order valence-electron chi connectivity index (χ0n) is 10.1. The summed E-state index contributed by atoms with van der Waals surface area (Å²) in [5.74, 6) is 0.459. The standard InChI is InChI=1S/C12H23NO/c1-9(2)11(14)13-8-6-7-10(13)12(3,4)5/h9-10H,6-8H2,1-5H3/t10-/m1/s1. The molecule has 1 rings (SSSR count). The number of hydrogen-bond donors (Lipinski definition) is 0. The van der Waals surface area contributed by atoms with Crippen LogP contribution in [0.1, 0.15) is 47.5 Å². The Morgan fingerprint density at radius 1 is 1.36 bits per heavy atom. The second-order valence-corrected chi connectivity index (χ2v) is 5.71. The summed E-state index contributed by atoms with van der Waals surface area (Å²) in [6.07, 6.45) is 2.34. The van der Waals surface area contributed by atoms with E-state index >= 15 is 0 Å². The molecule has 2 heteroatoms. The maximum absolute atomic E-state index is 11.9. The third-order valence-corrected chi connectivity index (χ3v) is 3.03. The molecule has 1 amide bonds. The highest BCUT2D eigenvalue weighted by atomic mass is 16.2. The molecule has 0 radical (unpaired) electrons. The van der Waals surface area contributed by atoms with Gasteiger partial charge in [0.15, 0.2) is 0 Å². The van der Waals surface area contributed by atoms with Crippen LogP contribution in [0.5, 0.6) is 0 Å². The molecule has 0 saturated carbocycles. The summed E-state index contributed by atoms with van der Waals surface area (Å²) in [6.45, 7) is 11.6. The topological polar surface area (TPSA) is 20.3 Å². The van der Waals surface area contributed by atoms with Crippen LogP contribution in [0.25, 0.3) is 0 Å². The lowest BCUT2D eigenvalue weighted by Crippen LogP contribution is -2.44. The highest BCUT2D eigenvalue weighted by Gasteiger charge is 2.37. The Kier molecular flexibility index (Phi) is 3.23. The fraction of sp³-hybridized carbons (Fsp3) is 0.917. The molecule has 0 aromatic heterocycles. The van der Waals surface area contributed by atoms with Crippen LogP contribution < -0.4 is 0 Å². The first-order valence-corrected chi connectivity index (χ1v) is 5.64. The number of hydrogen-bond acceptors (Lipinski definition) is 1. The largest absolute Gasteiger partial charge is 0.339 e. The predicted molar refractivity (Wildman–Crippen MR) is 59.0 cm³/mol. The molecule has 1 saturated heterocycles. The van der Waals surface area contributed by atoms with Gasteiger partial charge in [-0.1, -0.05) is 34.6 Å². The number of carbonyl (C=O) groups excluding carboxylic acids is 1. The summed E-state index contributed by atoms with van der Waals surface area (Å²) in [7, 11) is 0. The Balaban J connectivity index is 2.74. The van der Waals surface area contributed by atoms with E-state index in [1.54, 1.807) is 0 Å². The molecule has 0 N–H and O–H groups in total. The van der Waals surface area contributed by atoms with Crippen molar-refractivity contribution in [2.45, 2.75) is 53.5 Å². The summed E-state index contributed by atoms with van der Waals surface area (Å²) in [5.41, 5.74) is 0.223. The number of rotatable bonds is 1. The van der Waals surface area contributed by atoms with E-state index in [2.05, 4.69) is 25.7 Å². The van der Waals surface area contributed by atoms with E-state index in [4.69, 9.17) is 0 Å². The number of carbonyl (C=O) groups is 1. The molecular formula is C12H23NO. The average molecular weight is 197 g/mol. The van der Waals surface area contributed by atoms with Crippen molar-refractivity contribution in [3.8, 4) is 0 Å². The molecule has 1 aliphatic rings. The summed E-state index contributed by atoms with van der Waals surface area (Å²) in [6, 6.07) is 0.442. The Morgan fingerprint density at radius 3 is 2.36 bits per heavy atom. The highest BCUT2D eigenvalue weighted by molar-refractivity contribution is 5.78. The van der Waals surface area contributed by atoms with Gasteiger partial charge in [0.1, 0.15) is 0 Å². The van der Waals surface area contributed by atoms with Crippen molar-refractivity contribution in [1.29, 1.82) is 0 Å². The highest BCUT2D eigenvalue weighted by Crippen LogP contribution is 2.33. The van der Waals surface area contributed by atoms with E-state index < -0.39 is 0 Å². The van der Waals surface area contributed by atoms with E-state index in [9.17, 15) is 4.79 Å². The third kappa shape index (κ3) is 2.28. The molecule has 82 valence electrons. The number of nitrogens with zero attached hydrogens (tertiary/aromatic N) is 1. The molecule has 1 heterocycles. The first-order chi connectivity index (χ1) is 6.34. The lowest BCUT2D eigenvalue weighted by atomic mass is 9.85. The van der Waals surface area contributed by atoms with Gasteiger partial charge in [0, 0.05) is 18.5 Å². The molecule has 1 atom stereocenters. The van der Waals surface area contributed by atoms with Crippen LogP contribution in [0.3, 0.4) is 0 Å². The number of likely N-dealkylation sites (tertiary alicyclic amines) is 1. The summed E-state index contributed by atoms with van der Waals surface area (Å²) >= 11 is 0. The molecule has 0 aromatic carbocycles. The minimum Gasteiger partial charge on any atom is -0.339 e. The molecule has 2 nitrogen and oxygen atoms in total. The van der Waals surface area contributed by atoms with Crippen LogP contribution in [0.15, 0.2) is 0 Å². The quantitative estimate of drug-likeness (QED) is 0.633. The second-order valence-electron chi connectivity index (χ2n) is 5.71. The minimum absolute atomic E-state index is 0.137. The van der Waals surface area contributed by atoms with E-state index in [1.807, 2.05) is 13.8 Å². The molecule has 0 spiro atoms. The zero-order valence-corrected chi connectivity index (χ0v) is 10.1. The predicted octanol–water partition coefficient (Wildman–Crippen LogP) is 2.68. The van der Waals surface area contributed by atoms with E-state index in [0.29, 0.717) is 11.9 Å². The molecule has 0 unspecified atom stereocenters. The SMILES string of the molecule is CC(C)C(=O)N1CCC[C@@H]1C(C)(C)C. The lowest BCUT2D eigenvalue weighted by molar-refractivity contribution is -0.137. The van der Waals surface area contributed by atoms with Crippen molar-refractivity contribution in [3.63, 3.8) is 0 Å². The molecule has 1 aliphatic heterocycles. The van der Waals surface area contributed by atoms with Crippen molar-refractivity contribution in [2.75, 3.05) is 6.54 Å². The van der Waals surface area contributed by atoms with Gasteiger partial charge in [-0.05, 0) is 18.3 Å². The molecular weight excluding hydrogens is 174 g/mol. The van der Waals surface area contributed by atoms with Gasteiger partial charge in [-0.15, -0.1) is 0 Å². The van der Waals surface area contributed by atoms with Crippen LogP contribution >= 0.6 is 0 Å². The smallest absolute Gasteiger partial charge is 0.225 e. The third-order valence-electron chi connectivity index (χ3n) is 3.03. The van der Waals surface area contributed by atoms with Gasteiger partial charge in [0.05, 0.1) is 0 Å². The van der Waals surface area contributed by atoms with Gasteiger partial charge in [-0.2, -0.15) is 0 Å². The lowest BCUT2D eigenvalue weighted by Gasteiger charge is -2.36. The maximum Gasteiger partial charge on any atom is 0.225 e. The van der Waals surface area contributed by atoms with Crippen LogP contribution in [-0.4, -0.2) is 23.4 Å². The maximum atomic E-state index is 11.9. The van der Waals surface area contributed by atoms with Gasteiger partial charge in [-0.3, -0.25) is 4.79 Å². The van der Waals surface area contributed by atoms with Gasteiger partial charge >= 0.3 is 0 Å². The van der Waals surface area contributed by atoms with Crippen LogP contribution in [0, 0.1) is 11.3 Å². The number of amides is 1. The molecule has 0 aromatic rings. The molecule has 0 bridgehead atoms. The van der Waals surface area contributed by atoms with Crippen molar-refractivity contribution in [2.24, 2.45) is 11.3 Å². The van der Waals surface area contributed by atoms with Gasteiger partial charge < -0.3 is 4.90 Å². The van der Waals surface area contributed by atoms with Crippen molar-refractivity contribution < 1.29 is 4.79 Å². The van der Waals surface area contributed by atoms with Crippen molar-refractivity contribution in [3.05, 3.63) is 0 Å². The zero-order chi connectivity index (χ0) is 10.9. The van der Waals surface area contributed by atoms with Crippen LogP contribution in [-0.2, 0) is 4.79 Å². The van der Waals surface area contributed by atoms with Crippen molar-refractivity contribution in [1.82, 2.24) is 4.90 Å². The normalized spacial score (nSPS) is 23.3. The Morgan fingerprint density at radius 2 is 1.93 bits per heavy atom. The Labute approximate surface area is 87.7 Å². The Hall–Kier alpha value is -0.530. The molecule has 14 heavy (non-hydrogen) atoms.